The van der Waals surface area contributed by atoms with Gasteiger partial charge in [0.05, 0.1) is 49.2 Å². The number of imidazole rings is 1. The molecule has 0 unspecified atom stereocenters. The minimum absolute atomic E-state index is 0.0595. The lowest BCUT2D eigenvalue weighted by Crippen LogP contribution is -2.47. The Morgan fingerprint density at radius 3 is 2.40 bits per heavy atom. The molecule has 12 nitrogen and oxygen atoms in total. The molecule has 7 rings (SSSR count). The van der Waals surface area contributed by atoms with Gasteiger partial charge in [0.1, 0.15) is 34.5 Å². The highest BCUT2D eigenvalue weighted by molar-refractivity contribution is 6.07. The Balaban J connectivity index is 1.19. The van der Waals surface area contributed by atoms with Crippen molar-refractivity contribution in [2.45, 2.75) is 0 Å². The molecule has 0 aliphatic carbocycles. The summed E-state index contributed by atoms with van der Waals surface area (Å²) in [4.78, 5) is 32.5. The summed E-state index contributed by atoms with van der Waals surface area (Å²) in [5.74, 6) is -1.36. The highest BCUT2D eigenvalue weighted by Gasteiger charge is 2.23. The number of carbonyl (C=O) groups is 1. The van der Waals surface area contributed by atoms with E-state index in [-0.39, 0.29) is 11.3 Å². The first-order chi connectivity index (χ1) is 25.9. The van der Waals surface area contributed by atoms with E-state index in [0.29, 0.717) is 45.7 Å². The third kappa shape index (κ3) is 7.45. The highest BCUT2D eigenvalue weighted by atomic mass is 19.1. The molecular formula is C39H38F2N8O4. The van der Waals surface area contributed by atoms with Crippen LogP contribution in [0.25, 0.3) is 28.3 Å². The standard InChI is InChI=1S/C39H38F2N8O4/c1-51-22-21-47-17-19-48(20-18-47)26-11-12-30(33(24-26)53-3)43-39-42-15-14-31(44-39)37-35(45-34-9-4-5-16-49(34)37)25-10-13-32(52-2)27(23-25)38(50)46-36-28(40)7-6-8-29(36)41/h4-16,23-24H,17-22H2,1-3H3,(H,46,50)(H,42,43,44). The molecular weight excluding hydrogens is 682 g/mol. The number of benzene rings is 3. The monoisotopic (exact) mass is 720 g/mol. The van der Waals surface area contributed by atoms with E-state index in [1.54, 1.807) is 44.7 Å². The van der Waals surface area contributed by atoms with E-state index >= 15 is 0 Å². The van der Waals surface area contributed by atoms with E-state index in [1.807, 2.05) is 40.9 Å². The van der Waals surface area contributed by atoms with Gasteiger partial charge in [-0.25, -0.2) is 23.7 Å². The van der Waals surface area contributed by atoms with Crippen LogP contribution in [0.1, 0.15) is 10.4 Å². The van der Waals surface area contributed by atoms with Gasteiger partial charge in [0, 0.05) is 69.5 Å². The quantitative estimate of drug-likeness (QED) is 0.145. The van der Waals surface area contributed by atoms with Crippen LogP contribution >= 0.6 is 0 Å². The molecule has 1 aliphatic heterocycles. The second-order valence-electron chi connectivity index (χ2n) is 12.3. The topological polar surface area (TPSA) is 118 Å². The zero-order chi connectivity index (χ0) is 36.9. The van der Waals surface area contributed by atoms with E-state index in [0.717, 1.165) is 57.2 Å². The maximum absolute atomic E-state index is 14.4. The first-order valence-corrected chi connectivity index (χ1v) is 17.0. The number of nitrogens with zero attached hydrogens (tertiary/aromatic N) is 6. The lowest BCUT2D eigenvalue weighted by molar-refractivity contribution is 0.102. The van der Waals surface area contributed by atoms with Crippen LogP contribution in [0.4, 0.5) is 31.8 Å². The van der Waals surface area contributed by atoms with Crippen LogP contribution in [0.3, 0.4) is 0 Å². The Kier molecular flexibility index (Phi) is 10.4. The molecule has 0 atom stereocenters. The molecule has 1 fully saturated rings. The molecule has 1 saturated heterocycles. The fraction of sp³-hybridized carbons (Fsp3) is 0.231. The predicted octanol–water partition coefficient (Wildman–Crippen LogP) is 6.52. The zero-order valence-electron chi connectivity index (χ0n) is 29.5. The third-order valence-electron chi connectivity index (χ3n) is 9.13. The second kappa shape index (κ2) is 15.6. The third-order valence-corrected chi connectivity index (χ3v) is 9.13. The fourth-order valence-corrected chi connectivity index (χ4v) is 6.37. The summed E-state index contributed by atoms with van der Waals surface area (Å²) in [6.07, 6.45) is 3.52. The lowest BCUT2D eigenvalue weighted by Gasteiger charge is -2.36. The molecule has 0 spiro atoms. The maximum Gasteiger partial charge on any atom is 0.259 e. The highest BCUT2D eigenvalue weighted by Crippen LogP contribution is 2.36. The van der Waals surface area contributed by atoms with Crippen molar-refractivity contribution in [3.8, 4) is 34.1 Å². The molecule has 0 saturated carbocycles. The van der Waals surface area contributed by atoms with Gasteiger partial charge in [0.25, 0.3) is 5.91 Å². The molecule has 272 valence electrons. The number of carbonyl (C=O) groups excluding carboxylic acids is 1. The van der Waals surface area contributed by atoms with Crippen molar-refractivity contribution >= 4 is 34.6 Å². The van der Waals surface area contributed by atoms with Crippen molar-refractivity contribution in [2.24, 2.45) is 0 Å². The van der Waals surface area contributed by atoms with Crippen LogP contribution in [0, 0.1) is 11.6 Å². The summed E-state index contributed by atoms with van der Waals surface area (Å²) >= 11 is 0. The fourth-order valence-electron chi connectivity index (χ4n) is 6.37. The van der Waals surface area contributed by atoms with Crippen molar-refractivity contribution in [3.63, 3.8) is 0 Å². The number of piperazine rings is 1. The number of methoxy groups -OCH3 is 3. The molecule has 6 aromatic rings. The van der Waals surface area contributed by atoms with Crippen molar-refractivity contribution < 1.29 is 27.8 Å². The van der Waals surface area contributed by atoms with E-state index in [1.165, 1.54) is 13.2 Å². The number of nitrogens with one attached hydrogen (secondary N) is 2. The Labute approximate surface area is 305 Å². The summed E-state index contributed by atoms with van der Waals surface area (Å²) in [6, 6.07) is 21.7. The number of halogens is 2. The summed E-state index contributed by atoms with van der Waals surface area (Å²) in [5.41, 5.74) is 4.15. The Hall–Kier alpha value is -6.12. The van der Waals surface area contributed by atoms with Crippen molar-refractivity contribution in [1.82, 2.24) is 24.3 Å². The summed E-state index contributed by atoms with van der Waals surface area (Å²) in [7, 11) is 4.77. The van der Waals surface area contributed by atoms with Gasteiger partial charge in [-0.15, -0.1) is 0 Å². The lowest BCUT2D eigenvalue weighted by atomic mass is 10.0. The van der Waals surface area contributed by atoms with E-state index in [9.17, 15) is 13.6 Å². The van der Waals surface area contributed by atoms with E-state index in [2.05, 4.69) is 31.5 Å². The molecule has 0 bridgehead atoms. The number of fused-ring (bicyclic) bond motifs is 1. The molecule has 53 heavy (non-hydrogen) atoms. The Morgan fingerprint density at radius 2 is 1.64 bits per heavy atom. The predicted molar refractivity (Wildman–Crippen MR) is 199 cm³/mol. The van der Waals surface area contributed by atoms with Crippen molar-refractivity contribution in [2.75, 3.05) is 76.2 Å². The number of anilines is 4. The number of hydrogen-bond donors (Lipinski definition) is 2. The number of amides is 1. The summed E-state index contributed by atoms with van der Waals surface area (Å²) in [6.45, 7) is 5.35. The molecule has 14 heteroatoms. The molecule has 3 aromatic heterocycles. The van der Waals surface area contributed by atoms with Gasteiger partial charge in [0.2, 0.25) is 5.95 Å². The molecule has 2 N–H and O–H groups in total. The molecule has 3 aromatic carbocycles. The maximum atomic E-state index is 14.4. The van der Waals surface area contributed by atoms with Gasteiger partial charge >= 0.3 is 0 Å². The second-order valence-corrected chi connectivity index (χ2v) is 12.3. The number of aromatic nitrogens is 4. The number of pyridine rings is 1. The molecule has 0 radical (unpaired) electrons. The van der Waals surface area contributed by atoms with Gasteiger partial charge < -0.3 is 29.7 Å². The number of para-hydroxylation sites is 1. The minimum Gasteiger partial charge on any atom is -0.496 e. The smallest absolute Gasteiger partial charge is 0.259 e. The summed E-state index contributed by atoms with van der Waals surface area (Å²) < 4.78 is 47.2. The van der Waals surface area contributed by atoms with Crippen LogP contribution in [-0.4, -0.2) is 90.8 Å². The van der Waals surface area contributed by atoms with Crippen molar-refractivity contribution in [1.29, 1.82) is 0 Å². The number of rotatable bonds is 12. The van der Waals surface area contributed by atoms with E-state index < -0.39 is 23.2 Å². The van der Waals surface area contributed by atoms with Crippen LogP contribution in [0.2, 0.25) is 0 Å². The zero-order valence-corrected chi connectivity index (χ0v) is 29.5. The first-order valence-electron chi connectivity index (χ1n) is 17.0. The van der Waals surface area contributed by atoms with Gasteiger partial charge in [-0.3, -0.25) is 14.1 Å². The average molecular weight is 721 g/mol. The van der Waals surface area contributed by atoms with Gasteiger partial charge in [0.15, 0.2) is 0 Å². The number of hydrogen-bond acceptors (Lipinski definition) is 10. The molecule has 1 amide bonds. The SMILES string of the molecule is COCCN1CCN(c2ccc(Nc3nccc(-c4c(-c5ccc(OC)c(C(=O)Nc6c(F)cccc6F)c5)nc5ccccn45)n3)c(OC)c2)CC1. The Morgan fingerprint density at radius 1 is 0.849 bits per heavy atom. The van der Waals surface area contributed by atoms with Crippen LogP contribution < -0.4 is 25.0 Å². The Bertz CT molecular complexity index is 2240. The normalized spacial score (nSPS) is 13.3. The molecule has 1 aliphatic rings. The summed E-state index contributed by atoms with van der Waals surface area (Å²) in [5, 5.41) is 5.67. The largest absolute Gasteiger partial charge is 0.496 e. The van der Waals surface area contributed by atoms with Crippen LogP contribution in [0.15, 0.2) is 91.3 Å². The minimum atomic E-state index is -0.898. The van der Waals surface area contributed by atoms with Crippen molar-refractivity contribution in [3.05, 3.63) is 108 Å². The first kappa shape index (κ1) is 35.3. The average Bonchev–Trinajstić information content (AvgIpc) is 3.58. The van der Waals surface area contributed by atoms with E-state index in [4.69, 9.17) is 24.2 Å². The van der Waals surface area contributed by atoms with Crippen LogP contribution in [-0.2, 0) is 4.74 Å². The molecule has 4 heterocycles. The van der Waals surface area contributed by atoms with Crippen LogP contribution in [0.5, 0.6) is 11.5 Å². The van der Waals surface area contributed by atoms with Gasteiger partial charge in [-0.2, -0.15) is 0 Å². The number of ether oxygens (including phenoxy) is 3. The van der Waals surface area contributed by atoms with Gasteiger partial charge in [-0.1, -0.05) is 12.1 Å². The van der Waals surface area contributed by atoms with Gasteiger partial charge in [-0.05, 0) is 60.7 Å².